The minimum Gasteiger partial charge on any atom is -0.366 e. The van der Waals surface area contributed by atoms with Crippen molar-refractivity contribution in [1.82, 2.24) is 4.98 Å². The van der Waals surface area contributed by atoms with Crippen molar-refractivity contribution in [2.24, 2.45) is 5.73 Å². The summed E-state index contributed by atoms with van der Waals surface area (Å²) in [5, 5.41) is 10.4. The largest absolute Gasteiger partial charge is 0.366 e. The molecule has 14 heavy (non-hydrogen) atoms. The van der Waals surface area contributed by atoms with Crippen molar-refractivity contribution in [3.63, 3.8) is 0 Å². The van der Waals surface area contributed by atoms with E-state index in [-0.39, 0.29) is 11.4 Å². The summed E-state index contributed by atoms with van der Waals surface area (Å²) in [6.45, 7) is 1.79. The average molecular weight is 195 g/mol. The van der Waals surface area contributed by atoms with Crippen molar-refractivity contribution in [1.29, 1.82) is 0 Å². The highest BCUT2D eigenvalue weighted by Gasteiger charge is 2.14. The predicted molar refractivity (Wildman–Crippen MR) is 48.8 cm³/mol. The van der Waals surface area contributed by atoms with Gasteiger partial charge in [-0.1, -0.05) is 6.92 Å². The molecule has 0 spiro atoms. The number of aryl methyl sites for hydroxylation is 1. The Balaban J connectivity index is 3.27. The molecule has 0 atom stereocenters. The fourth-order valence-electron chi connectivity index (χ4n) is 0.989. The molecule has 1 aromatic heterocycles. The smallest absolute Gasteiger partial charge is 0.364 e. The van der Waals surface area contributed by atoms with Crippen LogP contribution in [0.15, 0.2) is 12.1 Å². The van der Waals surface area contributed by atoms with Gasteiger partial charge in [0.2, 0.25) is 5.91 Å². The van der Waals surface area contributed by atoms with Gasteiger partial charge in [0.05, 0.1) is 5.56 Å². The van der Waals surface area contributed by atoms with E-state index < -0.39 is 10.8 Å². The molecule has 1 rings (SSSR count). The van der Waals surface area contributed by atoms with Gasteiger partial charge in [0.1, 0.15) is 0 Å². The number of hydrogen-bond acceptors (Lipinski definition) is 4. The number of hydrogen-bond donors (Lipinski definition) is 1. The van der Waals surface area contributed by atoms with Gasteiger partial charge in [-0.05, 0) is 16.0 Å². The number of nitrogens with two attached hydrogens (primary N) is 1. The van der Waals surface area contributed by atoms with Gasteiger partial charge in [0.15, 0.2) is 5.69 Å². The lowest BCUT2D eigenvalue weighted by Gasteiger charge is -1.97. The van der Waals surface area contributed by atoms with E-state index in [2.05, 4.69) is 4.98 Å². The molecule has 74 valence electrons. The minimum absolute atomic E-state index is 0.114. The molecule has 0 saturated heterocycles. The van der Waals surface area contributed by atoms with E-state index in [1.807, 2.05) is 0 Å². The SMILES string of the molecule is CCc1cc(C(N)=O)cc([N+](=O)[O-])n1. The summed E-state index contributed by atoms with van der Waals surface area (Å²) >= 11 is 0. The van der Waals surface area contributed by atoms with Crippen LogP contribution in [0.5, 0.6) is 0 Å². The number of aromatic nitrogens is 1. The summed E-state index contributed by atoms with van der Waals surface area (Å²) in [6, 6.07) is 2.52. The molecule has 0 aliphatic rings. The lowest BCUT2D eigenvalue weighted by molar-refractivity contribution is -0.389. The van der Waals surface area contributed by atoms with Crippen molar-refractivity contribution < 1.29 is 9.72 Å². The van der Waals surface area contributed by atoms with Gasteiger partial charge in [0.25, 0.3) is 0 Å². The Morgan fingerprint density at radius 3 is 2.71 bits per heavy atom. The number of pyridine rings is 1. The molecular weight excluding hydrogens is 186 g/mol. The molecule has 0 aliphatic carbocycles. The molecule has 1 amide bonds. The predicted octanol–water partition coefficient (Wildman–Crippen LogP) is 0.651. The first-order chi connectivity index (χ1) is 6.54. The molecule has 6 nitrogen and oxygen atoms in total. The highest BCUT2D eigenvalue weighted by molar-refractivity contribution is 5.93. The van der Waals surface area contributed by atoms with E-state index in [1.54, 1.807) is 6.92 Å². The van der Waals surface area contributed by atoms with Crippen LogP contribution in [0.2, 0.25) is 0 Å². The van der Waals surface area contributed by atoms with Gasteiger partial charge >= 0.3 is 5.82 Å². The highest BCUT2D eigenvalue weighted by atomic mass is 16.6. The van der Waals surface area contributed by atoms with Gasteiger partial charge in [-0.3, -0.25) is 4.79 Å². The van der Waals surface area contributed by atoms with Crippen molar-refractivity contribution in [2.75, 3.05) is 0 Å². The number of nitro groups is 1. The topological polar surface area (TPSA) is 99.1 Å². The number of carbonyl (C=O) groups is 1. The van der Waals surface area contributed by atoms with Crippen LogP contribution in [0.1, 0.15) is 23.0 Å². The van der Waals surface area contributed by atoms with Crippen LogP contribution >= 0.6 is 0 Å². The molecule has 0 saturated carbocycles. The van der Waals surface area contributed by atoms with Crippen molar-refractivity contribution in [3.05, 3.63) is 33.5 Å². The average Bonchev–Trinajstić information content (AvgIpc) is 2.16. The van der Waals surface area contributed by atoms with Gasteiger partial charge in [-0.2, -0.15) is 0 Å². The van der Waals surface area contributed by atoms with Crippen LogP contribution in [0, 0.1) is 10.1 Å². The standard InChI is InChI=1S/C8H9N3O3/c1-2-6-3-5(8(9)12)4-7(10-6)11(13)14/h3-4H,2H2,1H3,(H2,9,12). The molecule has 6 heteroatoms. The quantitative estimate of drug-likeness (QED) is 0.565. The van der Waals surface area contributed by atoms with Crippen molar-refractivity contribution in [2.45, 2.75) is 13.3 Å². The summed E-state index contributed by atoms with van der Waals surface area (Å²) < 4.78 is 0. The van der Waals surface area contributed by atoms with Crippen molar-refractivity contribution >= 4 is 11.7 Å². The van der Waals surface area contributed by atoms with Crippen LogP contribution < -0.4 is 5.73 Å². The Kier molecular flexibility index (Phi) is 2.76. The number of amides is 1. The lowest BCUT2D eigenvalue weighted by atomic mass is 10.2. The van der Waals surface area contributed by atoms with Crippen LogP contribution in [0.25, 0.3) is 0 Å². The molecule has 1 heterocycles. The second-order valence-corrected chi connectivity index (χ2v) is 2.68. The summed E-state index contributed by atoms with van der Waals surface area (Å²) in [5.74, 6) is -1.04. The normalized spacial score (nSPS) is 9.79. The molecular formula is C8H9N3O3. The Bertz CT molecular complexity index is 357. The third kappa shape index (κ3) is 2.03. The fraction of sp³-hybridized carbons (Fsp3) is 0.250. The Morgan fingerprint density at radius 2 is 2.29 bits per heavy atom. The maximum absolute atomic E-state index is 10.8. The van der Waals surface area contributed by atoms with E-state index in [0.717, 1.165) is 6.07 Å². The van der Waals surface area contributed by atoms with Crippen LogP contribution in [-0.2, 0) is 6.42 Å². The summed E-state index contributed by atoms with van der Waals surface area (Å²) in [7, 11) is 0. The third-order valence-electron chi connectivity index (χ3n) is 1.70. The van der Waals surface area contributed by atoms with E-state index in [1.165, 1.54) is 6.07 Å². The van der Waals surface area contributed by atoms with Crippen LogP contribution in [-0.4, -0.2) is 15.8 Å². The van der Waals surface area contributed by atoms with E-state index >= 15 is 0 Å². The number of nitrogens with zero attached hydrogens (tertiary/aromatic N) is 2. The second-order valence-electron chi connectivity index (χ2n) is 2.68. The molecule has 0 aliphatic heterocycles. The van der Waals surface area contributed by atoms with Crippen LogP contribution in [0.3, 0.4) is 0 Å². The molecule has 0 aromatic carbocycles. The second kappa shape index (κ2) is 3.82. The molecule has 2 N–H and O–H groups in total. The molecule has 0 unspecified atom stereocenters. The molecule has 0 bridgehead atoms. The molecule has 1 aromatic rings. The van der Waals surface area contributed by atoms with Crippen LogP contribution in [0.4, 0.5) is 5.82 Å². The Labute approximate surface area is 79.9 Å². The maximum Gasteiger partial charge on any atom is 0.364 e. The Morgan fingerprint density at radius 1 is 1.64 bits per heavy atom. The third-order valence-corrected chi connectivity index (χ3v) is 1.70. The maximum atomic E-state index is 10.8. The fourth-order valence-corrected chi connectivity index (χ4v) is 0.989. The van der Waals surface area contributed by atoms with Gasteiger partial charge in [-0.25, -0.2) is 0 Å². The lowest BCUT2D eigenvalue weighted by Crippen LogP contribution is -2.12. The molecule has 0 fully saturated rings. The summed E-state index contributed by atoms with van der Waals surface area (Å²) in [5.41, 5.74) is 5.61. The van der Waals surface area contributed by atoms with Crippen molar-refractivity contribution in [3.8, 4) is 0 Å². The summed E-state index contributed by atoms with van der Waals surface area (Å²) in [6.07, 6.45) is 0.516. The van der Waals surface area contributed by atoms with E-state index in [0.29, 0.717) is 12.1 Å². The zero-order valence-electron chi connectivity index (χ0n) is 7.56. The number of rotatable bonds is 3. The van der Waals surface area contributed by atoms with Gasteiger partial charge in [-0.15, -0.1) is 0 Å². The number of primary amides is 1. The first kappa shape index (κ1) is 10.1. The Hall–Kier alpha value is -1.98. The van der Waals surface area contributed by atoms with Gasteiger partial charge < -0.3 is 15.8 Å². The van der Waals surface area contributed by atoms with E-state index in [9.17, 15) is 14.9 Å². The monoisotopic (exact) mass is 195 g/mol. The van der Waals surface area contributed by atoms with E-state index in [4.69, 9.17) is 5.73 Å². The van der Waals surface area contributed by atoms with Gasteiger partial charge in [0, 0.05) is 12.5 Å². The number of carbonyl (C=O) groups excluding carboxylic acids is 1. The minimum atomic E-state index is -0.690. The first-order valence-electron chi connectivity index (χ1n) is 3.99. The summed E-state index contributed by atoms with van der Waals surface area (Å²) in [4.78, 5) is 24.3. The molecule has 0 radical (unpaired) electrons. The zero-order valence-corrected chi connectivity index (χ0v) is 7.56. The highest BCUT2D eigenvalue weighted by Crippen LogP contribution is 2.12. The first-order valence-corrected chi connectivity index (χ1v) is 3.99. The zero-order chi connectivity index (χ0) is 10.7.